The fourth-order valence-corrected chi connectivity index (χ4v) is 4.30. The van der Waals surface area contributed by atoms with Crippen molar-refractivity contribution in [3.63, 3.8) is 0 Å². The number of hydrogen-bond donors (Lipinski definition) is 1. The molecule has 2 saturated carbocycles. The van der Waals surface area contributed by atoms with Crippen molar-refractivity contribution < 1.29 is 24.2 Å². The summed E-state index contributed by atoms with van der Waals surface area (Å²) in [6.07, 6.45) is 2.49. The quantitative estimate of drug-likeness (QED) is 0.769. The minimum Gasteiger partial charge on any atom is -0.393 e. The van der Waals surface area contributed by atoms with Crippen molar-refractivity contribution >= 4 is 17.3 Å². The number of ketones is 3. The largest absolute Gasteiger partial charge is 0.393 e. The van der Waals surface area contributed by atoms with Crippen molar-refractivity contribution in [2.75, 3.05) is 13.7 Å². The molecule has 1 N–H and O–H groups in total. The standard InChI is InChI=1S/C19H30O5/c1-11-8-13-9-15(12(2)19(23)16(13)10-18(11)22)17(21)5-4-14(20)6-7-24-3/h11-16,20H,4-10H2,1-3H3. The number of hydrogen-bond acceptors (Lipinski definition) is 5. The van der Waals surface area contributed by atoms with Crippen molar-refractivity contribution in [3.05, 3.63) is 0 Å². The van der Waals surface area contributed by atoms with E-state index in [1.54, 1.807) is 7.11 Å². The number of rotatable bonds is 7. The number of methoxy groups -OCH3 is 1. The van der Waals surface area contributed by atoms with E-state index in [9.17, 15) is 19.5 Å². The SMILES string of the molecule is COCCC(O)CCC(=O)C1CC2CC(C)C(=O)CC2C(=O)C1C. The molecule has 5 heteroatoms. The predicted octanol–water partition coefficient (Wildman–Crippen LogP) is 2.19. The summed E-state index contributed by atoms with van der Waals surface area (Å²) in [5.41, 5.74) is 0. The van der Waals surface area contributed by atoms with Gasteiger partial charge in [0.15, 0.2) is 0 Å². The summed E-state index contributed by atoms with van der Waals surface area (Å²) in [7, 11) is 1.58. The van der Waals surface area contributed by atoms with Gasteiger partial charge in [0.2, 0.25) is 0 Å². The molecule has 0 radical (unpaired) electrons. The highest BCUT2D eigenvalue weighted by Gasteiger charge is 2.47. The number of carbonyl (C=O) groups is 3. The number of Topliss-reactive ketones (excluding diaryl/α,β-unsaturated/α-hetero) is 3. The highest BCUT2D eigenvalue weighted by molar-refractivity contribution is 5.95. The maximum Gasteiger partial charge on any atom is 0.140 e. The smallest absolute Gasteiger partial charge is 0.140 e. The lowest BCUT2D eigenvalue weighted by atomic mass is 9.60. The normalized spacial score (nSPS) is 34.8. The molecule has 2 fully saturated rings. The number of carbonyl (C=O) groups excluding carboxylic acids is 3. The lowest BCUT2D eigenvalue weighted by Crippen LogP contribution is -2.46. The molecular weight excluding hydrogens is 308 g/mol. The predicted molar refractivity (Wildman–Crippen MR) is 89.4 cm³/mol. The molecule has 0 bridgehead atoms. The molecule has 2 aliphatic rings. The third-order valence-corrected chi connectivity index (χ3v) is 5.96. The molecule has 6 atom stereocenters. The van der Waals surface area contributed by atoms with Crippen LogP contribution in [0.4, 0.5) is 0 Å². The zero-order valence-electron chi connectivity index (χ0n) is 15.0. The molecule has 0 aliphatic heterocycles. The number of fused-ring (bicyclic) bond motifs is 1. The summed E-state index contributed by atoms with van der Waals surface area (Å²) in [5.74, 6) is -0.235. The first kappa shape index (κ1) is 19.3. The van der Waals surface area contributed by atoms with Crippen LogP contribution in [-0.4, -0.2) is 42.3 Å². The van der Waals surface area contributed by atoms with Gasteiger partial charge in [-0.3, -0.25) is 14.4 Å². The van der Waals surface area contributed by atoms with Crippen LogP contribution in [0.2, 0.25) is 0 Å². The molecule has 24 heavy (non-hydrogen) atoms. The molecule has 136 valence electrons. The Bertz CT molecular complexity index is 486. The van der Waals surface area contributed by atoms with Crippen LogP contribution in [0.15, 0.2) is 0 Å². The number of aliphatic hydroxyl groups excluding tert-OH is 1. The van der Waals surface area contributed by atoms with E-state index in [0.717, 1.165) is 6.42 Å². The monoisotopic (exact) mass is 338 g/mol. The maximum absolute atomic E-state index is 12.6. The zero-order valence-corrected chi connectivity index (χ0v) is 15.0. The fraction of sp³-hybridized carbons (Fsp3) is 0.842. The van der Waals surface area contributed by atoms with E-state index in [2.05, 4.69) is 0 Å². The van der Waals surface area contributed by atoms with Gasteiger partial charge < -0.3 is 9.84 Å². The van der Waals surface area contributed by atoms with Crippen LogP contribution < -0.4 is 0 Å². The van der Waals surface area contributed by atoms with Crippen molar-refractivity contribution in [1.29, 1.82) is 0 Å². The van der Waals surface area contributed by atoms with Crippen LogP contribution in [0, 0.1) is 29.6 Å². The van der Waals surface area contributed by atoms with E-state index in [0.29, 0.717) is 38.7 Å². The van der Waals surface area contributed by atoms with Crippen LogP contribution in [0.25, 0.3) is 0 Å². The zero-order chi connectivity index (χ0) is 17.9. The Labute approximate surface area is 144 Å². The van der Waals surface area contributed by atoms with E-state index in [4.69, 9.17) is 4.74 Å². The van der Waals surface area contributed by atoms with Crippen molar-refractivity contribution in [1.82, 2.24) is 0 Å². The summed E-state index contributed by atoms with van der Waals surface area (Å²) in [6, 6.07) is 0. The van der Waals surface area contributed by atoms with Crippen LogP contribution in [-0.2, 0) is 19.1 Å². The second-order valence-electron chi connectivity index (χ2n) is 7.65. The Morgan fingerprint density at radius 3 is 2.62 bits per heavy atom. The lowest BCUT2D eigenvalue weighted by molar-refractivity contribution is -0.146. The van der Waals surface area contributed by atoms with Gasteiger partial charge in [0.1, 0.15) is 17.3 Å². The third kappa shape index (κ3) is 4.31. The van der Waals surface area contributed by atoms with Gasteiger partial charge in [0.25, 0.3) is 0 Å². The molecule has 0 saturated heterocycles. The van der Waals surface area contributed by atoms with Gasteiger partial charge in [0, 0.05) is 50.2 Å². The maximum atomic E-state index is 12.6. The minimum atomic E-state index is -0.538. The Balaban J connectivity index is 1.94. The summed E-state index contributed by atoms with van der Waals surface area (Å²) in [5, 5.41) is 9.86. The molecule has 0 spiro atoms. The second-order valence-corrected chi connectivity index (χ2v) is 7.65. The van der Waals surface area contributed by atoms with Crippen LogP contribution in [0.5, 0.6) is 0 Å². The Morgan fingerprint density at radius 2 is 1.96 bits per heavy atom. The minimum absolute atomic E-state index is 0.000857. The van der Waals surface area contributed by atoms with Crippen LogP contribution in [0.1, 0.15) is 52.4 Å². The van der Waals surface area contributed by atoms with Crippen LogP contribution in [0.3, 0.4) is 0 Å². The molecule has 0 amide bonds. The number of aliphatic hydroxyl groups is 1. The van der Waals surface area contributed by atoms with Gasteiger partial charge in [-0.2, -0.15) is 0 Å². The van der Waals surface area contributed by atoms with Gasteiger partial charge in [-0.25, -0.2) is 0 Å². The van der Waals surface area contributed by atoms with Crippen molar-refractivity contribution in [2.24, 2.45) is 29.6 Å². The summed E-state index contributed by atoms with van der Waals surface area (Å²) in [4.78, 5) is 37.2. The summed E-state index contributed by atoms with van der Waals surface area (Å²) >= 11 is 0. The first-order valence-corrected chi connectivity index (χ1v) is 9.11. The van der Waals surface area contributed by atoms with E-state index in [1.165, 1.54) is 0 Å². The molecule has 0 aromatic carbocycles. The molecule has 0 aromatic rings. The Hall–Kier alpha value is -1.07. The molecule has 0 heterocycles. The van der Waals surface area contributed by atoms with E-state index >= 15 is 0 Å². The molecule has 2 aliphatic carbocycles. The van der Waals surface area contributed by atoms with Crippen molar-refractivity contribution in [3.8, 4) is 0 Å². The number of ether oxygens (including phenoxy) is 1. The van der Waals surface area contributed by atoms with E-state index in [1.807, 2.05) is 13.8 Å². The highest BCUT2D eigenvalue weighted by Crippen LogP contribution is 2.44. The van der Waals surface area contributed by atoms with Gasteiger partial charge in [-0.1, -0.05) is 13.8 Å². The Kier molecular flexibility index (Phi) is 6.70. The van der Waals surface area contributed by atoms with Crippen LogP contribution >= 0.6 is 0 Å². The third-order valence-electron chi connectivity index (χ3n) is 5.96. The Morgan fingerprint density at radius 1 is 1.25 bits per heavy atom. The summed E-state index contributed by atoms with van der Waals surface area (Å²) in [6.45, 7) is 4.22. The van der Waals surface area contributed by atoms with Crippen molar-refractivity contribution in [2.45, 2.75) is 58.5 Å². The first-order chi connectivity index (χ1) is 11.3. The van der Waals surface area contributed by atoms with Gasteiger partial charge in [-0.05, 0) is 31.6 Å². The second kappa shape index (κ2) is 8.34. The fourth-order valence-electron chi connectivity index (χ4n) is 4.30. The van der Waals surface area contributed by atoms with E-state index in [-0.39, 0.29) is 46.9 Å². The highest BCUT2D eigenvalue weighted by atomic mass is 16.5. The summed E-state index contributed by atoms with van der Waals surface area (Å²) < 4.78 is 4.93. The molecule has 5 nitrogen and oxygen atoms in total. The molecule has 2 rings (SSSR count). The molecule has 0 aromatic heterocycles. The molecular formula is C19H30O5. The topological polar surface area (TPSA) is 80.7 Å². The molecule has 6 unspecified atom stereocenters. The first-order valence-electron chi connectivity index (χ1n) is 9.11. The lowest BCUT2D eigenvalue weighted by Gasteiger charge is -2.42. The average Bonchev–Trinajstić information content (AvgIpc) is 2.56. The van der Waals surface area contributed by atoms with Gasteiger partial charge >= 0.3 is 0 Å². The van der Waals surface area contributed by atoms with Gasteiger partial charge in [-0.15, -0.1) is 0 Å². The van der Waals surface area contributed by atoms with Gasteiger partial charge in [0.05, 0.1) is 6.10 Å². The van der Waals surface area contributed by atoms with E-state index < -0.39 is 6.10 Å². The average molecular weight is 338 g/mol.